The Morgan fingerprint density at radius 3 is 2.50 bits per heavy atom. The average Bonchev–Trinajstić information content (AvgIpc) is 3.59. The van der Waals surface area contributed by atoms with Gasteiger partial charge in [-0.1, -0.05) is 36.8 Å². The second-order valence-corrected chi connectivity index (χ2v) is 11.7. The number of H-pyrrole nitrogens is 1. The van der Waals surface area contributed by atoms with E-state index in [4.69, 9.17) is 4.74 Å². The molecule has 1 fully saturated rings. The molecule has 3 heterocycles. The van der Waals surface area contributed by atoms with Crippen molar-refractivity contribution in [3.8, 4) is 17.1 Å². The molecule has 0 atom stereocenters. The summed E-state index contributed by atoms with van der Waals surface area (Å²) in [5.41, 5.74) is 4.02. The molecule has 2 N–H and O–H groups in total. The minimum Gasteiger partial charge on any atom is -0.487 e. The zero-order valence-electron chi connectivity index (χ0n) is 23.8. The first-order valence-electron chi connectivity index (χ1n) is 14.3. The van der Waals surface area contributed by atoms with Crippen molar-refractivity contribution in [1.82, 2.24) is 19.5 Å². The van der Waals surface area contributed by atoms with Crippen molar-refractivity contribution in [2.75, 3.05) is 0 Å². The molecule has 8 heteroatoms. The predicted octanol–water partition coefficient (Wildman–Crippen LogP) is 6.69. The van der Waals surface area contributed by atoms with Crippen molar-refractivity contribution in [2.45, 2.75) is 52.7 Å². The smallest absolute Gasteiger partial charge is 0.309 e. The molecule has 42 heavy (non-hydrogen) atoms. The minimum absolute atomic E-state index is 0.0404. The Morgan fingerprint density at radius 1 is 1.05 bits per heavy atom. The number of carboxylic acid groups (broad SMARTS) is 1. The van der Waals surface area contributed by atoms with E-state index in [1.54, 1.807) is 32.4 Å². The molecule has 0 aliphatic heterocycles. The highest BCUT2D eigenvalue weighted by molar-refractivity contribution is 6.11. The SMILES string of the molecule is CC(C)(Cc1c(C(=O)C2CCC2)c2cc(OCc3ccccn3)ccc2n1Cc1ccc(-c2ncc[nH]2)cc1)C(=O)O. The molecule has 5 aromatic rings. The first kappa shape index (κ1) is 27.4. The fourth-order valence-corrected chi connectivity index (χ4v) is 5.50. The fraction of sp³-hybridized carbons (Fsp3) is 0.294. The van der Waals surface area contributed by atoms with Gasteiger partial charge in [0.15, 0.2) is 5.78 Å². The molecule has 0 saturated heterocycles. The predicted molar refractivity (Wildman–Crippen MR) is 160 cm³/mol. The van der Waals surface area contributed by atoms with Crippen LogP contribution in [0.25, 0.3) is 22.3 Å². The topological polar surface area (TPSA) is 110 Å². The van der Waals surface area contributed by atoms with Gasteiger partial charge in [0.05, 0.1) is 11.1 Å². The first-order chi connectivity index (χ1) is 20.3. The molecule has 6 rings (SSSR count). The van der Waals surface area contributed by atoms with E-state index in [-0.39, 0.29) is 18.1 Å². The van der Waals surface area contributed by atoms with E-state index in [1.807, 2.05) is 60.7 Å². The number of aromatic nitrogens is 4. The van der Waals surface area contributed by atoms with Gasteiger partial charge in [-0.05, 0) is 62.6 Å². The highest BCUT2D eigenvalue weighted by atomic mass is 16.5. The number of aromatic amines is 1. The normalized spacial score (nSPS) is 13.7. The molecule has 0 unspecified atom stereocenters. The summed E-state index contributed by atoms with van der Waals surface area (Å²) in [5.74, 6) is 0.587. The molecule has 0 radical (unpaired) electrons. The third kappa shape index (κ3) is 5.44. The third-order valence-electron chi connectivity index (χ3n) is 8.23. The Bertz CT molecular complexity index is 1720. The second-order valence-electron chi connectivity index (χ2n) is 11.7. The summed E-state index contributed by atoms with van der Waals surface area (Å²) >= 11 is 0. The average molecular weight is 563 g/mol. The number of imidazole rings is 1. The number of Topliss-reactive ketones (excluding diaryl/α,β-unsaturated/α-hetero) is 1. The number of aliphatic carboxylic acids is 1. The maximum absolute atomic E-state index is 14.0. The number of pyridine rings is 1. The molecular formula is C34H34N4O4. The van der Waals surface area contributed by atoms with Gasteiger partial charge in [-0.2, -0.15) is 0 Å². The standard InChI is InChI=1S/C34H34N4O4/c1-34(2,33(40)41)19-29-30(31(39)23-6-5-7-23)27-18-26(42-21-25-8-3-4-15-35-25)13-14-28(27)38(29)20-22-9-11-24(12-10-22)32-36-16-17-37-32/h3-4,8-18,23H,5-7,19-21H2,1-2H3,(H,36,37)(H,40,41). The number of benzene rings is 2. The van der Waals surface area contributed by atoms with Gasteiger partial charge in [-0.25, -0.2) is 4.98 Å². The quantitative estimate of drug-likeness (QED) is 0.174. The van der Waals surface area contributed by atoms with Gasteiger partial charge in [0.1, 0.15) is 18.2 Å². The molecule has 8 nitrogen and oxygen atoms in total. The minimum atomic E-state index is -1.07. The number of fused-ring (bicyclic) bond motifs is 1. The van der Waals surface area contributed by atoms with Crippen molar-refractivity contribution in [3.63, 3.8) is 0 Å². The number of ether oxygens (including phenoxy) is 1. The van der Waals surface area contributed by atoms with Crippen molar-refractivity contribution in [1.29, 1.82) is 0 Å². The summed E-state index contributed by atoms with van der Waals surface area (Å²) in [6.45, 7) is 4.23. The van der Waals surface area contributed by atoms with Crippen molar-refractivity contribution < 1.29 is 19.4 Å². The van der Waals surface area contributed by atoms with Gasteiger partial charge >= 0.3 is 5.97 Å². The third-order valence-corrected chi connectivity index (χ3v) is 8.23. The Balaban J connectivity index is 1.45. The lowest BCUT2D eigenvalue weighted by Gasteiger charge is -2.26. The van der Waals surface area contributed by atoms with Crippen molar-refractivity contribution in [2.24, 2.45) is 11.3 Å². The van der Waals surface area contributed by atoms with Gasteiger partial charge < -0.3 is 19.4 Å². The van der Waals surface area contributed by atoms with E-state index in [0.717, 1.165) is 58.5 Å². The first-order valence-corrected chi connectivity index (χ1v) is 14.3. The van der Waals surface area contributed by atoms with Crippen LogP contribution < -0.4 is 4.74 Å². The highest BCUT2D eigenvalue weighted by Gasteiger charge is 2.36. The van der Waals surface area contributed by atoms with Crippen molar-refractivity contribution >= 4 is 22.7 Å². The van der Waals surface area contributed by atoms with Crippen LogP contribution in [0, 0.1) is 11.3 Å². The van der Waals surface area contributed by atoms with Gasteiger partial charge in [0.2, 0.25) is 0 Å². The van der Waals surface area contributed by atoms with Gasteiger partial charge in [0.25, 0.3) is 0 Å². The number of rotatable bonds is 11. The van der Waals surface area contributed by atoms with E-state index in [0.29, 0.717) is 24.5 Å². The number of nitrogens with zero attached hydrogens (tertiary/aromatic N) is 3. The summed E-state index contributed by atoms with van der Waals surface area (Å²) in [7, 11) is 0. The Hall–Kier alpha value is -4.72. The summed E-state index contributed by atoms with van der Waals surface area (Å²) in [6, 6.07) is 19.6. The maximum Gasteiger partial charge on any atom is 0.309 e. The number of ketones is 1. The number of carbonyl (C=O) groups is 2. The van der Waals surface area contributed by atoms with Gasteiger partial charge in [0, 0.05) is 65.2 Å². The van der Waals surface area contributed by atoms with Crippen LogP contribution in [-0.4, -0.2) is 36.4 Å². The van der Waals surface area contributed by atoms with E-state index in [2.05, 4.69) is 19.5 Å². The largest absolute Gasteiger partial charge is 0.487 e. The molecule has 2 aromatic carbocycles. The summed E-state index contributed by atoms with van der Waals surface area (Å²) in [5, 5.41) is 10.9. The maximum atomic E-state index is 14.0. The molecule has 0 amide bonds. The Labute approximate surface area is 244 Å². The van der Waals surface area contributed by atoms with Crippen LogP contribution in [0.15, 0.2) is 79.3 Å². The molecule has 1 aliphatic rings. The number of hydrogen-bond donors (Lipinski definition) is 2. The lowest BCUT2D eigenvalue weighted by atomic mass is 9.78. The van der Waals surface area contributed by atoms with Crippen LogP contribution >= 0.6 is 0 Å². The lowest BCUT2D eigenvalue weighted by Crippen LogP contribution is -2.29. The zero-order chi connectivity index (χ0) is 29.3. The van der Waals surface area contributed by atoms with Crippen LogP contribution in [0.2, 0.25) is 0 Å². The Kier molecular flexibility index (Phi) is 7.37. The zero-order valence-corrected chi connectivity index (χ0v) is 23.8. The molecule has 0 spiro atoms. The van der Waals surface area contributed by atoms with Crippen molar-refractivity contribution in [3.05, 3.63) is 102 Å². The molecular weight excluding hydrogens is 528 g/mol. The lowest BCUT2D eigenvalue weighted by molar-refractivity contribution is -0.146. The summed E-state index contributed by atoms with van der Waals surface area (Å²) in [4.78, 5) is 38.1. The van der Waals surface area contributed by atoms with E-state index in [1.165, 1.54) is 0 Å². The Morgan fingerprint density at radius 2 is 1.86 bits per heavy atom. The van der Waals surface area contributed by atoms with Crippen LogP contribution in [0.4, 0.5) is 0 Å². The van der Waals surface area contributed by atoms with Crippen LogP contribution in [0.5, 0.6) is 5.75 Å². The monoisotopic (exact) mass is 562 g/mol. The number of carboxylic acids is 1. The molecule has 214 valence electrons. The molecule has 1 aliphatic carbocycles. The van der Waals surface area contributed by atoms with E-state index in [9.17, 15) is 14.7 Å². The van der Waals surface area contributed by atoms with E-state index < -0.39 is 11.4 Å². The molecule has 0 bridgehead atoms. The number of carbonyl (C=O) groups excluding carboxylic acids is 1. The number of hydrogen-bond acceptors (Lipinski definition) is 5. The fourth-order valence-electron chi connectivity index (χ4n) is 5.50. The van der Waals surface area contributed by atoms with Crippen LogP contribution in [0.1, 0.15) is 60.4 Å². The summed E-state index contributed by atoms with van der Waals surface area (Å²) in [6.07, 6.45) is 8.22. The van der Waals surface area contributed by atoms with Crippen LogP contribution in [-0.2, 0) is 24.4 Å². The van der Waals surface area contributed by atoms with Gasteiger partial charge in [-0.3, -0.25) is 14.6 Å². The number of nitrogens with one attached hydrogen (secondary N) is 1. The highest BCUT2D eigenvalue weighted by Crippen LogP contribution is 2.39. The second kappa shape index (κ2) is 11.3. The molecule has 3 aromatic heterocycles. The van der Waals surface area contributed by atoms with Crippen LogP contribution in [0.3, 0.4) is 0 Å². The van der Waals surface area contributed by atoms with Gasteiger partial charge in [-0.15, -0.1) is 0 Å². The summed E-state index contributed by atoms with van der Waals surface area (Å²) < 4.78 is 8.23. The molecule has 1 saturated carbocycles. The van der Waals surface area contributed by atoms with E-state index >= 15 is 0 Å².